The van der Waals surface area contributed by atoms with Gasteiger partial charge in [-0.15, -0.1) is 0 Å². The fraction of sp³-hybridized carbons (Fsp3) is 0.565. The minimum absolute atomic E-state index is 0.0293. The summed E-state index contributed by atoms with van der Waals surface area (Å²) < 4.78 is 14.9. The molecule has 6 heteroatoms. The highest BCUT2D eigenvalue weighted by Crippen LogP contribution is 2.19. The van der Waals surface area contributed by atoms with Crippen LogP contribution in [0.2, 0.25) is 0 Å². The van der Waals surface area contributed by atoms with E-state index in [1.54, 1.807) is 16.8 Å². The number of benzene rings is 1. The molecule has 0 radical (unpaired) electrons. The van der Waals surface area contributed by atoms with Crippen LogP contribution in [-0.2, 0) is 11.2 Å². The van der Waals surface area contributed by atoms with Crippen LogP contribution < -0.4 is 5.32 Å². The average molecular weight is 401 g/mol. The molecule has 1 saturated heterocycles. The van der Waals surface area contributed by atoms with E-state index in [-0.39, 0.29) is 11.7 Å². The summed E-state index contributed by atoms with van der Waals surface area (Å²) in [5, 5.41) is 7.58. The molecule has 1 fully saturated rings. The van der Waals surface area contributed by atoms with Crippen LogP contribution in [0.15, 0.2) is 24.3 Å². The lowest BCUT2D eigenvalue weighted by molar-refractivity contribution is -0.120. The van der Waals surface area contributed by atoms with Crippen LogP contribution in [0.1, 0.15) is 49.6 Å². The number of aromatic nitrogens is 2. The molecule has 1 N–H and O–H groups in total. The smallest absolute Gasteiger partial charge is 0.224 e. The number of nitrogens with zero attached hydrogens (tertiary/aromatic N) is 3. The number of piperidine rings is 1. The first-order valence-electron chi connectivity index (χ1n) is 10.7. The highest BCUT2D eigenvalue weighted by molar-refractivity contribution is 5.79. The van der Waals surface area contributed by atoms with Gasteiger partial charge in [-0.05, 0) is 89.3 Å². The summed E-state index contributed by atoms with van der Waals surface area (Å²) in [4.78, 5) is 14.9. The van der Waals surface area contributed by atoms with Crippen molar-refractivity contribution < 1.29 is 9.18 Å². The molecule has 1 amide bonds. The van der Waals surface area contributed by atoms with Gasteiger partial charge in [0.25, 0.3) is 0 Å². The molecule has 1 aromatic heterocycles. The van der Waals surface area contributed by atoms with Gasteiger partial charge in [-0.1, -0.05) is 6.92 Å². The first-order valence-corrected chi connectivity index (χ1v) is 10.7. The number of rotatable bonds is 8. The quantitative estimate of drug-likeness (QED) is 0.686. The Balaban J connectivity index is 1.44. The molecule has 2 aromatic rings. The Morgan fingerprint density at radius 1 is 1.17 bits per heavy atom. The Hall–Kier alpha value is -2.21. The Labute approximate surface area is 173 Å². The number of likely N-dealkylation sites (tertiary alicyclic amines) is 1. The van der Waals surface area contributed by atoms with E-state index in [1.165, 1.54) is 38.1 Å². The number of aryl methyl sites for hydroxylation is 1. The third-order valence-electron chi connectivity index (χ3n) is 5.95. The van der Waals surface area contributed by atoms with Crippen molar-refractivity contribution in [2.75, 3.05) is 26.2 Å². The van der Waals surface area contributed by atoms with Crippen molar-refractivity contribution in [2.45, 2.75) is 52.9 Å². The predicted octanol–water partition coefficient (Wildman–Crippen LogP) is 3.80. The Bertz CT molecular complexity index is 807. The van der Waals surface area contributed by atoms with Gasteiger partial charge in [0.2, 0.25) is 5.91 Å². The summed E-state index contributed by atoms with van der Waals surface area (Å²) >= 11 is 0. The van der Waals surface area contributed by atoms with Crippen molar-refractivity contribution in [1.29, 1.82) is 0 Å². The number of hydrogen-bond donors (Lipinski definition) is 1. The number of nitrogens with one attached hydrogen (secondary N) is 1. The number of carbonyl (C=O) groups is 1. The van der Waals surface area contributed by atoms with E-state index in [9.17, 15) is 9.18 Å². The Morgan fingerprint density at radius 2 is 1.86 bits per heavy atom. The standard InChI is InChI=1S/C23H33FN4O/c1-17-10-14-27(15-11-17)13-5-4-12-25-23(29)16-22-18(2)26-28(19(22)3)21-8-6-20(24)7-9-21/h6-9,17H,4-5,10-16H2,1-3H3,(H,25,29). The zero-order valence-electron chi connectivity index (χ0n) is 17.9. The van der Waals surface area contributed by atoms with Crippen LogP contribution in [0.3, 0.4) is 0 Å². The molecule has 0 spiro atoms. The molecular weight excluding hydrogens is 367 g/mol. The normalized spacial score (nSPS) is 15.6. The minimum Gasteiger partial charge on any atom is -0.356 e. The summed E-state index contributed by atoms with van der Waals surface area (Å²) in [6.45, 7) is 10.5. The minimum atomic E-state index is -0.273. The second-order valence-electron chi connectivity index (χ2n) is 8.30. The first-order chi connectivity index (χ1) is 13.9. The van der Waals surface area contributed by atoms with Gasteiger partial charge in [0.05, 0.1) is 17.8 Å². The number of hydrogen-bond acceptors (Lipinski definition) is 3. The molecule has 1 aromatic carbocycles. The molecule has 0 bridgehead atoms. The second-order valence-corrected chi connectivity index (χ2v) is 8.30. The topological polar surface area (TPSA) is 50.2 Å². The van der Waals surface area contributed by atoms with Gasteiger partial charge < -0.3 is 10.2 Å². The molecule has 1 aliphatic heterocycles. The van der Waals surface area contributed by atoms with E-state index in [1.807, 2.05) is 13.8 Å². The lowest BCUT2D eigenvalue weighted by Gasteiger charge is -2.30. The summed E-state index contributed by atoms with van der Waals surface area (Å²) in [5.41, 5.74) is 3.49. The third-order valence-corrected chi connectivity index (χ3v) is 5.95. The van der Waals surface area contributed by atoms with Gasteiger partial charge in [0, 0.05) is 17.8 Å². The van der Waals surface area contributed by atoms with E-state index >= 15 is 0 Å². The van der Waals surface area contributed by atoms with E-state index in [4.69, 9.17) is 0 Å². The maximum Gasteiger partial charge on any atom is 0.224 e. The van der Waals surface area contributed by atoms with Crippen LogP contribution >= 0.6 is 0 Å². The molecule has 0 saturated carbocycles. The van der Waals surface area contributed by atoms with Crippen molar-refractivity contribution in [2.24, 2.45) is 5.92 Å². The van der Waals surface area contributed by atoms with Gasteiger partial charge in [-0.2, -0.15) is 5.10 Å². The molecule has 1 aliphatic rings. The molecule has 158 valence electrons. The van der Waals surface area contributed by atoms with Crippen molar-refractivity contribution in [3.05, 3.63) is 47.0 Å². The molecule has 0 aliphatic carbocycles. The second kappa shape index (κ2) is 10.0. The predicted molar refractivity (Wildman–Crippen MR) is 114 cm³/mol. The first kappa shape index (κ1) is 21.5. The zero-order chi connectivity index (χ0) is 20.8. The highest BCUT2D eigenvalue weighted by atomic mass is 19.1. The van der Waals surface area contributed by atoms with E-state index in [0.29, 0.717) is 13.0 Å². The fourth-order valence-corrected chi connectivity index (χ4v) is 3.96. The van der Waals surface area contributed by atoms with Gasteiger partial charge in [0.1, 0.15) is 5.82 Å². The Kier molecular flexibility index (Phi) is 7.42. The van der Waals surface area contributed by atoms with Gasteiger partial charge in [-0.25, -0.2) is 9.07 Å². The summed E-state index contributed by atoms with van der Waals surface area (Å²) in [6.07, 6.45) is 5.06. The molecule has 0 atom stereocenters. The van der Waals surface area contributed by atoms with Crippen LogP contribution in [-0.4, -0.2) is 46.8 Å². The van der Waals surface area contributed by atoms with Crippen LogP contribution in [0.25, 0.3) is 5.69 Å². The number of unbranched alkanes of at least 4 members (excludes halogenated alkanes) is 1. The Morgan fingerprint density at radius 3 is 2.55 bits per heavy atom. The molecule has 2 heterocycles. The maximum absolute atomic E-state index is 13.2. The van der Waals surface area contributed by atoms with Gasteiger partial charge in [0.15, 0.2) is 0 Å². The molecule has 29 heavy (non-hydrogen) atoms. The zero-order valence-corrected chi connectivity index (χ0v) is 17.9. The van der Waals surface area contributed by atoms with Crippen molar-refractivity contribution in [1.82, 2.24) is 20.0 Å². The molecule has 0 unspecified atom stereocenters. The van der Waals surface area contributed by atoms with E-state index in [0.717, 1.165) is 47.9 Å². The average Bonchev–Trinajstić information content (AvgIpc) is 2.98. The lowest BCUT2D eigenvalue weighted by atomic mass is 9.99. The van der Waals surface area contributed by atoms with Gasteiger partial charge >= 0.3 is 0 Å². The number of amides is 1. The van der Waals surface area contributed by atoms with E-state index in [2.05, 4.69) is 22.2 Å². The SMILES string of the molecule is Cc1nn(-c2ccc(F)cc2)c(C)c1CC(=O)NCCCCN1CCC(C)CC1. The summed E-state index contributed by atoms with van der Waals surface area (Å²) in [7, 11) is 0. The number of carbonyl (C=O) groups excluding carboxylic acids is 1. The van der Waals surface area contributed by atoms with Crippen molar-refractivity contribution in [3.63, 3.8) is 0 Å². The number of halogens is 1. The molecular formula is C23H33FN4O. The summed E-state index contributed by atoms with van der Waals surface area (Å²) in [6, 6.07) is 6.23. The van der Waals surface area contributed by atoms with Crippen molar-refractivity contribution in [3.8, 4) is 5.69 Å². The van der Waals surface area contributed by atoms with E-state index < -0.39 is 0 Å². The fourth-order valence-electron chi connectivity index (χ4n) is 3.96. The van der Waals surface area contributed by atoms with Crippen LogP contribution in [0.5, 0.6) is 0 Å². The summed E-state index contributed by atoms with van der Waals surface area (Å²) in [5.74, 6) is 0.622. The third kappa shape index (κ3) is 5.89. The van der Waals surface area contributed by atoms with Crippen LogP contribution in [0.4, 0.5) is 4.39 Å². The molecule has 5 nitrogen and oxygen atoms in total. The highest BCUT2D eigenvalue weighted by Gasteiger charge is 2.17. The van der Waals surface area contributed by atoms with Crippen molar-refractivity contribution >= 4 is 5.91 Å². The molecule has 3 rings (SSSR count). The monoisotopic (exact) mass is 400 g/mol. The lowest BCUT2D eigenvalue weighted by Crippen LogP contribution is -2.34. The largest absolute Gasteiger partial charge is 0.356 e. The van der Waals surface area contributed by atoms with Gasteiger partial charge in [-0.3, -0.25) is 4.79 Å². The maximum atomic E-state index is 13.2. The van der Waals surface area contributed by atoms with Crippen LogP contribution in [0, 0.1) is 25.6 Å².